The van der Waals surface area contributed by atoms with Crippen LogP contribution in [0.2, 0.25) is 5.02 Å². The summed E-state index contributed by atoms with van der Waals surface area (Å²) in [6.07, 6.45) is 0. The zero-order valence-corrected chi connectivity index (χ0v) is 13.8. The van der Waals surface area contributed by atoms with Gasteiger partial charge in [0, 0.05) is 19.1 Å². The summed E-state index contributed by atoms with van der Waals surface area (Å²) in [5, 5.41) is 4.56. The third-order valence-corrected chi connectivity index (χ3v) is 5.65. The first-order valence-electron chi connectivity index (χ1n) is 6.20. The summed E-state index contributed by atoms with van der Waals surface area (Å²) in [4.78, 5) is 0.187. The molecule has 114 valence electrons. The Hall–Kier alpha value is -1.73. The fraction of sp³-hybridized carbons (Fsp3) is 0.308. The fourth-order valence-corrected chi connectivity index (χ4v) is 3.96. The molecule has 0 radical (unpaired) electrons. The van der Waals surface area contributed by atoms with E-state index >= 15 is 0 Å². The molecular formula is C13H17ClN4O2S. The van der Waals surface area contributed by atoms with Crippen LogP contribution < -0.4 is 10.0 Å². The van der Waals surface area contributed by atoms with Crippen LogP contribution in [0, 0.1) is 13.8 Å². The number of aryl methyl sites for hydroxylation is 2. The van der Waals surface area contributed by atoms with Crippen molar-refractivity contribution in [3.05, 3.63) is 34.6 Å². The molecule has 0 spiro atoms. The Morgan fingerprint density at radius 3 is 2.48 bits per heavy atom. The van der Waals surface area contributed by atoms with Gasteiger partial charge in [-0.05, 0) is 32.0 Å². The van der Waals surface area contributed by atoms with Crippen LogP contribution in [-0.4, -0.2) is 25.2 Å². The second-order valence-corrected chi connectivity index (χ2v) is 7.14. The maximum atomic E-state index is 12.8. The molecule has 0 amide bonds. The van der Waals surface area contributed by atoms with E-state index in [4.69, 9.17) is 17.3 Å². The van der Waals surface area contributed by atoms with E-state index in [0.717, 1.165) is 4.31 Å². The number of hydrogen-bond donors (Lipinski definition) is 1. The molecule has 0 saturated carbocycles. The van der Waals surface area contributed by atoms with E-state index in [9.17, 15) is 8.42 Å². The largest absolute Gasteiger partial charge is 0.397 e. The Morgan fingerprint density at radius 2 is 1.95 bits per heavy atom. The summed E-state index contributed by atoms with van der Waals surface area (Å²) in [5.41, 5.74) is 7.55. The normalized spacial score (nSPS) is 11.7. The molecule has 2 N–H and O–H groups in total. The third-order valence-electron chi connectivity index (χ3n) is 3.39. The van der Waals surface area contributed by atoms with Crippen molar-refractivity contribution in [2.45, 2.75) is 18.7 Å². The van der Waals surface area contributed by atoms with Crippen molar-refractivity contribution < 1.29 is 8.42 Å². The van der Waals surface area contributed by atoms with Crippen LogP contribution in [0.3, 0.4) is 0 Å². The Balaban J connectivity index is 2.61. The molecule has 8 heteroatoms. The average Bonchev–Trinajstić information content (AvgIpc) is 2.65. The topological polar surface area (TPSA) is 81.2 Å². The molecule has 1 heterocycles. The molecule has 0 aliphatic carbocycles. The molecule has 1 aromatic heterocycles. The van der Waals surface area contributed by atoms with Crippen LogP contribution >= 0.6 is 11.6 Å². The Kier molecular flexibility index (Phi) is 3.90. The van der Waals surface area contributed by atoms with Crippen LogP contribution in [0.4, 0.5) is 11.4 Å². The molecular weight excluding hydrogens is 312 g/mol. The summed E-state index contributed by atoms with van der Waals surface area (Å²) in [6, 6.07) is 4.71. The van der Waals surface area contributed by atoms with E-state index in [1.165, 1.54) is 17.8 Å². The molecule has 0 fully saturated rings. The predicted octanol–water partition coefficient (Wildman–Crippen LogP) is 2.10. The first-order valence-corrected chi connectivity index (χ1v) is 8.02. The van der Waals surface area contributed by atoms with Gasteiger partial charge in [0.2, 0.25) is 0 Å². The van der Waals surface area contributed by atoms with Gasteiger partial charge in [0.05, 0.1) is 22.8 Å². The summed E-state index contributed by atoms with van der Waals surface area (Å²) in [7, 11) is -0.609. The molecule has 0 saturated heterocycles. The molecule has 0 unspecified atom stereocenters. The van der Waals surface area contributed by atoms with Gasteiger partial charge in [-0.1, -0.05) is 11.6 Å². The van der Waals surface area contributed by atoms with E-state index in [1.54, 1.807) is 33.0 Å². The third kappa shape index (κ3) is 2.58. The quantitative estimate of drug-likeness (QED) is 0.875. The second kappa shape index (κ2) is 5.23. The minimum absolute atomic E-state index is 0.187. The SMILES string of the molecule is Cc1nn(C)c(C)c1S(=O)(=O)N(C)c1cc(Cl)ccc1N. The van der Waals surface area contributed by atoms with Gasteiger partial charge in [0.25, 0.3) is 10.0 Å². The zero-order valence-electron chi connectivity index (χ0n) is 12.3. The van der Waals surface area contributed by atoms with Gasteiger partial charge in [-0.2, -0.15) is 5.10 Å². The number of aromatic nitrogens is 2. The van der Waals surface area contributed by atoms with Gasteiger partial charge in [-0.25, -0.2) is 8.42 Å². The summed E-state index contributed by atoms with van der Waals surface area (Å²) in [6.45, 7) is 3.37. The highest BCUT2D eigenvalue weighted by Crippen LogP contribution is 2.31. The molecule has 21 heavy (non-hydrogen) atoms. The highest BCUT2D eigenvalue weighted by atomic mass is 35.5. The van der Waals surface area contributed by atoms with Crippen molar-refractivity contribution >= 4 is 33.0 Å². The number of anilines is 2. The minimum atomic E-state index is -3.76. The molecule has 0 atom stereocenters. The van der Waals surface area contributed by atoms with Crippen molar-refractivity contribution in [1.82, 2.24) is 9.78 Å². The summed E-state index contributed by atoms with van der Waals surface area (Å²) >= 11 is 5.93. The average molecular weight is 329 g/mol. The van der Waals surface area contributed by atoms with Crippen molar-refractivity contribution in [3.8, 4) is 0 Å². The van der Waals surface area contributed by atoms with Crippen LogP contribution in [0.25, 0.3) is 0 Å². The second-order valence-electron chi connectivity index (χ2n) is 4.80. The number of hydrogen-bond acceptors (Lipinski definition) is 4. The lowest BCUT2D eigenvalue weighted by atomic mass is 10.3. The van der Waals surface area contributed by atoms with E-state index in [1.807, 2.05) is 0 Å². The number of nitrogens with zero attached hydrogens (tertiary/aromatic N) is 3. The van der Waals surface area contributed by atoms with E-state index in [2.05, 4.69) is 5.10 Å². The Labute approximate surface area is 129 Å². The van der Waals surface area contributed by atoms with Crippen molar-refractivity contribution in [2.75, 3.05) is 17.1 Å². The first-order chi connectivity index (χ1) is 9.66. The number of rotatable bonds is 3. The first kappa shape index (κ1) is 15.7. The Morgan fingerprint density at radius 1 is 1.33 bits per heavy atom. The maximum Gasteiger partial charge on any atom is 0.267 e. The number of halogens is 1. The maximum absolute atomic E-state index is 12.8. The van der Waals surface area contributed by atoms with Crippen molar-refractivity contribution in [1.29, 1.82) is 0 Å². The monoisotopic (exact) mass is 328 g/mol. The predicted molar refractivity (Wildman–Crippen MR) is 84.1 cm³/mol. The smallest absolute Gasteiger partial charge is 0.267 e. The van der Waals surface area contributed by atoms with Crippen LogP contribution in [-0.2, 0) is 17.1 Å². The summed E-state index contributed by atoms with van der Waals surface area (Å²) in [5.74, 6) is 0. The molecule has 0 bridgehead atoms. The standard InChI is InChI=1S/C13H17ClN4O2S/c1-8-13(9(2)17(3)16-8)21(19,20)18(4)12-7-10(14)5-6-11(12)15/h5-7H,15H2,1-4H3. The van der Waals surface area contributed by atoms with Gasteiger partial charge in [-0.15, -0.1) is 0 Å². The fourth-order valence-electron chi connectivity index (χ4n) is 2.18. The molecule has 2 rings (SSSR count). The van der Waals surface area contributed by atoms with Gasteiger partial charge in [0.15, 0.2) is 0 Å². The van der Waals surface area contributed by atoms with E-state index in [0.29, 0.717) is 27.8 Å². The van der Waals surface area contributed by atoms with Gasteiger partial charge in [-0.3, -0.25) is 8.99 Å². The Bertz CT molecular complexity index is 799. The molecule has 2 aromatic rings. The van der Waals surface area contributed by atoms with Crippen LogP contribution in [0.1, 0.15) is 11.4 Å². The van der Waals surface area contributed by atoms with Crippen molar-refractivity contribution in [3.63, 3.8) is 0 Å². The number of benzene rings is 1. The lowest BCUT2D eigenvalue weighted by Crippen LogP contribution is -2.28. The van der Waals surface area contributed by atoms with Crippen molar-refractivity contribution in [2.24, 2.45) is 7.05 Å². The highest BCUT2D eigenvalue weighted by molar-refractivity contribution is 7.93. The van der Waals surface area contributed by atoms with E-state index in [-0.39, 0.29) is 4.90 Å². The molecule has 1 aromatic carbocycles. The van der Waals surface area contributed by atoms with Gasteiger partial charge >= 0.3 is 0 Å². The zero-order chi connectivity index (χ0) is 15.9. The van der Waals surface area contributed by atoms with Crippen LogP contribution in [0.15, 0.2) is 23.1 Å². The number of nitrogen functional groups attached to an aromatic ring is 1. The lowest BCUT2D eigenvalue weighted by molar-refractivity contribution is 0.593. The summed E-state index contributed by atoms with van der Waals surface area (Å²) < 4.78 is 28.3. The lowest BCUT2D eigenvalue weighted by Gasteiger charge is -2.21. The number of nitrogens with two attached hydrogens (primary N) is 1. The molecule has 0 aliphatic rings. The van der Waals surface area contributed by atoms with Crippen LogP contribution in [0.5, 0.6) is 0 Å². The van der Waals surface area contributed by atoms with Gasteiger partial charge in [0.1, 0.15) is 4.90 Å². The highest BCUT2D eigenvalue weighted by Gasteiger charge is 2.29. The molecule has 6 nitrogen and oxygen atoms in total. The molecule has 0 aliphatic heterocycles. The minimum Gasteiger partial charge on any atom is -0.397 e. The van der Waals surface area contributed by atoms with Gasteiger partial charge < -0.3 is 5.73 Å². The number of sulfonamides is 1. The van der Waals surface area contributed by atoms with E-state index < -0.39 is 10.0 Å².